The summed E-state index contributed by atoms with van der Waals surface area (Å²) in [6.45, 7) is 0.992. The number of nitrogens with zero attached hydrogens (tertiary/aromatic N) is 4. The molecule has 4 rings (SSSR count). The molecular weight excluding hydrogens is 366 g/mol. The molecule has 0 aliphatic carbocycles. The number of fused-ring (bicyclic) bond motifs is 1. The van der Waals surface area contributed by atoms with Crippen molar-refractivity contribution >= 4 is 32.2 Å². The lowest BCUT2D eigenvalue weighted by Crippen LogP contribution is -2.40. The van der Waals surface area contributed by atoms with Crippen LogP contribution in [0.2, 0.25) is 0 Å². The molecule has 0 atom stereocenters. The number of sulfone groups is 1. The minimum absolute atomic E-state index is 0.154. The normalized spacial score (nSPS) is 16.6. The standard InChI is InChI=1S/C18H19N5O3S/c1-22-11-20-15-10-14(21-17(19)16(15)18(22)24)12-2-4-13(5-3-12)23-6-8-27(25,26)9-7-23/h2-5,10-11H,6-9H2,1H3,(H2,19,21). The van der Waals surface area contributed by atoms with Crippen molar-refractivity contribution in [2.45, 2.75) is 0 Å². The van der Waals surface area contributed by atoms with Gasteiger partial charge in [0.05, 0.1) is 29.0 Å². The molecule has 0 saturated carbocycles. The molecule has 0 spiro atoms. The minimum Gasteiger partial charge on any atom is -0.383 e. The number of nitrogen functional groups attached to an aromatic ring is 1. The molecule has 3 heterocycles. The van der Waals surface area contributed by atoms with Crippen molar-refractivity contribution in [2.24, 2.45) is 7.05 Å². The van der Waals surface area contributed by atoms with Gasteiger partial charge in [-0.2, -0.15) is 0 Å². The highest BCUT2D eigenvalue weighted by Gasteiger charge is 2.21. The molecule has 1 aromatic carbocycles. The molecule has 2 aromatic heterocycles. The number of benzene rings is 1. The number of rotatable bonds is 2. The largest absolute Gasteiger partial charge is 0.383 e. The molecule has 9 heteroatoms. The summed E-state index contributed by atoms with van der Waals surface area (Å²) in [4.78, 5) is 22.9. The van der Waals surface area contributed by atoms with Crippen LogP contribution in [-0.4, -0.2) is 47.5 Å². The maximum Gasteiger partial charge on any atom is 0.264 e. The van der Waals surface area contributed by atoms with Crippen LogP contribution in [0, 0.1) is 0 Å². The lowest BCUT2D eigenvalue weighted by molar-refractivity contribution is 0.587. The Hall–Kier alpha value is -2.94. The summed E-state index contributed by atoms with van der Waals surface area (Å²) < 4.78 is 24.5. The lowest BCUT2D eigenvalue weighted by Gasteiger charge is -2.28. The number of hydrogen-bond acceptors (Lipinski definition) is 7. The SMILES string of the molecule is Cn1cnc2cc(-c3ccc(N4CCS(=O)(=O)CC4)cc3)nc(N)c2c1=O. The second-order valence-electron chi connectivity index (χ2n) is 6.63. The molecule has 8 nitrogen and oxygen atoms in total. The Morgan fingerprint density at radius 3 is 2.44 bits per heavy atom. The summed E-state index contributed by atoms with van der Waals surface area (Å²) >= 11 is 0. The summed E-state index contributed by atoms with van der Waals surface area (Å²) in [6.07, 6.45) is 1.46. The summed E-state index contributed by atoms with van der Waals surface area (Å²) in [7, 11) is -1.29. The van der Waals surface area contributed by atoms with Gasteiger partial charge in [0.15, 0.2) is 9.84 Å². The Bertz CT molecular complexity index is 1170. The van der Waals surface area contributed by atoms with Gasteiger partial charge in [0.25, 0.3) is 5.56 Å². The first-order chi connectivity index (χ1) is 12.8. The predicted molar refractivity (Wildman–Crippen MR) is 105 cm³/mol. The monoisotopic (exact) mass is 385 g/mol. The number of hydrogen-bond donors (Lipinski definition) is 1. The van der Waals surface area contributed by atoms with E-state index in [0.717, 1.165) is 11.3 Å². The average molecular weight is 385 g/mol. The van der Waals surface area contributed by atoms with Crippen LogP contribution in [0.4, 0.5) is 11.5 Å². The van der Waals surface area contributed by atoms with Crippen LogP contribution in [0.15, 0.2) is 41.5 Å². The van der Waals surface area contributed by atoms with E-state index < -0.39 is 9.84 Å². The first kappa shape index (κ1) is 17.5. The van der Waals surface area contributed by atoms with E-state index in [2.05, 4.69) is 14.9 Å². The number of pyridine rings is 1. The molecule has 1 saturated heterocycles. The zero-order valence-corrected chi connectivity index (χ0v) is 15.6. The van der Waals surface area contributed by atoms with Crippen LogP contribution >= 0.6 is 0 Å². The third-order valence-electron chi connectivity index (χ3n) is 4.80. The van der Waals surface area contributed by atoms with E-state index in [0.29, 0.717) is 29.7 Å². The number of nitrogens with two attached hydrogens (primary N) is 1. The zero-order valence-electron chi connectivity index (χ0n) is 14.8. The summed E-state index contributed by atoms with van der Waals surface area (Å²) in [5.41, 5.74) is 8.73. The second kappa shape index (κ2) is 6.34. The molecule has 27 heavy (non-hydrogen) atoms. The van der Waals surface area contributed by atoms with Gasteiger partial charge in [-0.25, -0.2) is 18.4 Å². The van der Waals surface area contributed by atoms with E-state index in [1.807, 2.05) is 24.3 Å². The van der Waals surface area contributed by atoms with E-state index in [-0.39, 0.29) is 22.9 Å². The topological polar surface area (TPSA) is 111 Å². The third kappa shape index (κ3) is 3.25. The van der Waals surface area contributed by atoms with Crippen LogP contribution < -0.4 is 16.2 Å². The van der Waals surface area contributed by atoms with Crippen molar-refractivity contribution in [1.29, 1.82) is 0 Å². The van der Waals surface area contributed by atoms with Gasteiger partial charge in [-0.05, 0) is 18.2 Å². The zero-order chi connectivity index (χ0) is 19.2. The quantitative estimate of drug-likeness (QED) is 0.695. The molecule has 140 valence electrons. The maximum absolute atomic E-state index is 12.2. The van der Waals surface area contributed by atoms with Gasteiger partial charge >= 0.3 is 0 Å². The molecule has 2 N–H and O–H groups in total. The molecule has 1 fully saturated rings. The van der Waals surface area contributed by atoms with Gasteiger partial charge in [-0.3, -0.25) is 4.79 Å². The number of anilines is 2. The van der Waals surface area contributed by atoms with Crippen molar-refractivity contribution in [3.05, 3.63) is 47.0 Å². The van der Waals surface area contributed by atoms with Crippen molar-refractivity contribution in [3.63, 3.8) is 0 Å². The Morgan fingerprint density at radius 1 is 1.11 bits per heavy atom. The van der Waals surface area contributed by atoms with Crippen LogP contribution in [0.1, 0.15) is 0 Å². The van der Waals surface area contributed by atoms with Crippen LogP contribution in [0.25, 0.3) is 22.2 Å². The van der Waals surface area contributed by atoms with Crippen LogP contribution in [0.5, 0.6) is 0 Å². The number of aromatic nitrogens is 3. The minimum atomic E-state index is -2.91. The smallest absolute Gasteiger partial charge is 0.264 e. The van der Waals surface area contributed by atoms with E-state index in [4.69, 9.17) is 5.73 Å². The van der Waals surface area contributed by atoms with Crippen LogP contribution in [-0.2, 0) is 16.9 Å². The second-order valence-corrected chi connectivity index (χ2v) is 8.94. The molecule has 1 aliphatic rings. The first-order valence-electron chi connectivity index (χ1n) is 8.52. The molecule has 3 aromatic rings. The Kier molecular flexibility index (Phi) is 4.11. The van der Waals surface area contributed by atoms with Crippen molar-refractivity contribution in [1.82, 2.24) is 14.5 Å². The highest BCUT2D eigenvalue weighted by molar-refractivity contribution is 7.91. The molecular formula is C18H19N5O3S. The first-order valence-corrected chi connectivity index (χ1v) is 10.3. The molecule has 0 unspecified atom stereocenters. The van der Waals surface area contributed by atoms with Gasteiger partial charge in [0.2, 0.25) is 0 Å². The van der Waals surface area contributed by atoms with Crippen LogP contribution in [0.3, 0.4) is 0 Å². The van der Waals surface area contributed by atoms with Gasteiger partial charge in [-0.1, -0.05) is 12.1 Å². The summed E-state index contributed by atoms with van der Waals surface area (Å²) in [6, 6.07) is 9.44. The third-order valence-corrected chi connectivity index (χ3v) is 6.41. The summed E-state index contributed by atoms with van der Waals surface area (Å²) in [5.74, 6) is 0.512. The molecule has 1 aliphatic heterocycles. The van der Waals surface area contributed by atoms with E-state index in [1.54, 1.807) is 13.1 Å². The molecule has 0 radical (unpaired) electrons. The van der Waals surface area contributed by atoms with Crippen molar-refractivity contribution in [3.8, 4) is 11.3 Å². The van der Waals surface area contributed by atoms with E-state index in [9.17, 15) is 13.2 Å². The Balaban J connectivity index is 1.66. The van der Waals surface area contributed by atoms with E-state index >= 15 is 0 Å². The summed E-state index contributed by atoms with van der Waals surface area (Å²) in [5, 5.41) is 0.315. The highest BCUT2D eigenvalue weighted by Crippen LogP contribution is 2.26. The Labute approximate surface area is 156 Å². The number of aryl methyl sites for hydroxylation is 1. The lowest BCUT2D eigenvalue weighted by atomic mass is 10.1. The van der Waals surface area contributed by atoms with Gasteiger partial charge < -0.3 is 15.2 Å². The molecule has 0 amide bonds. The predicted octanol–water partition coefficient (Wildman–Crippen LogP) is 0.812. The maximum atomic E-state index is 12.2. The highest BCUT2D eigenvalue weighted by atomic mass is 32.2. The van der Waals surface area contributed by atoms with Gasteiger partial charge in [0, 0.05) is 31.4 Å². The average Bonchev–Trinajstić information content (AvgIpc) is 2.64. The van der Waals surface area contributed by atoms with E-state index in [1.165, 1.54) is 10.9 Å². The van der Waals surface area contributed by atoms with Gasteiger partial charge in [-0.15, -0.1) is 0 Å². The van der Waals surface area contributed by atoms with Gasteiger partial charge in [0.1, 0.15) is 11.2 Å². The fraction of sp³-hybridized carbons (Fsp3) is 0.278. The fourth-order valence-electron chi connectivity index (χ4n) is 3.21. The Morgan fingerprint density at radius 2 is 1.78 bits per heavy atom. The van der Waals surface area contributed by atoms with Crippen molar-refractivity contribution in [2.75, 3.05) is 35.2 Å². The van der Waals surface area contributed by atoms with Crippen molar-refractivity contribution < 1.29 is 8.42 Å². The molecule has 0 bridgehead atoms. The fourth-order valence-corrected chi connectivity index (χ4v) is 4.41.